The average molecular weight is 468 g/mol. The monoisotopic (exact) mass is 467 g/mol. The highest BCUT2D eigenvalue weighted by Crippen LogP contribution is 2.38. The number of hydrogen-bond acceptors (Lipinski definition) is 6. The van der Waals surface area contributed by atoms with E-state index in [1.54, 1.807) is 10.7 Å². The van der Waals surface area contributed by atoms with Gasteiger partial charge in [-0.05, 0) is 56.5 Å². The van der Waals surface area contributed by atoms with Crippen molar-refractivity contribution in [2.24, 2.45) is 0 Å². The molecule has 2 fully saturated rings. The number of aromatic nitrogens is 6. The minimum absolute atomic E-state index is 0.0821. The van der Waals surface area contributed by atoms with Crippen LogP contribution in [-0.2, 0) is 13.1 Å². The van der Waals surface area contributed by atoms with Crippen LogP contribution in [0.2, 0.25) is 0 Å². The highest BCUT2D eigenvalue weighted by atomic mass is 16.1. The molecule has 0 unspecified atom stereocenters. The van der Waals surface area contributed by atoms with Gasteiger partial charge >= 0.3 is 0 Å². The van der Waals surface area contributed by atoms with Gasteiger partial charge in [0.2, 0.25) is 0 Å². The fraction of sp³-hybridized carbons (Fsp3) is 0.370. The van der Waals surface area contributed by atoms with Crippen molar-refractivity contribution in [3.05, 3.63) is 82.8 Å². The summed E-state index contributed by atoms with van der Waals surface area (Å²) in [6.45, 7) is 4.77. The number of nitrogens with zero attached hydrogens (tertiary/aromatic N) is 7. The standard InChI is InChI=1S/C27H29N7O/c35-26-9-8-25(21-6-7-21)31-34(26)18-20-4-3-5-22(14-20)27-28-15-23(16-29-27)24-17-30-33(19-24)13-12-32-10-1-2-11-32/h3-5,8-9,14-17,19,21H,1-2,6-7,10-13,18H2. The van der Waals surface area contributed by atoms with E-state index in [9.17, 15) is 4.79 Å². The second-order valence-corrected chi connectivity index (χ2v) is 9.56. The van der Waals surface area contributed by atoms with E-state index in [1.807, 2.05) is 53.6 Å². The van der Waals surface area contributed by atoms with Crippen molar-refractivity contribution in [3.8, 4) is 22.5 Å². The van der Waals surface area contributed by atoms with Crippen LogP contribution >= 0.6 is 0 Å². The molecule has 6 rings (SSSR count). The third-order valence-corrected chi connectivity index (χ3v) is 6.86. The Morgan fingerprint density at radius 3 is 2.51 bits per heavy atom. The van der Waals surface area contributed by atoms with E-state index in [0.717, 1.165) is 53.9 Å². The Morgan fingerprint density at radius 1 is 0.886 bits per heavy atom. The summed E-state index contributed by atoms with van der Waals surface area (Å²) in [6, 6.07) is 11.5. The summed E-state index contributed by atoms with van der Waals surface area (Å²) in [4.78, 5) is 24.0. The van der Waals surface area contributed by atoms with Gasteiger partial charge in [0.05, 0.1) is 25.0 Å². The van der Waals surface area contributed by atoms with Crippen molar-refractivity contribution >= 4 is 0 Å². The summed E-state index contributed by atoms with van der Waals surface area (Å²) in [5.41, 5.74) is 4.82. The van der Waals surface area contributed by atoms with Crippen LogP contribution in [0.1, 0.15) is 42.9 Å². The smallest absolute Gasteiger partial charge is 0.267 e. The molecule has 1 saturated heterocycles. The summed E-state index contributed by atoms with van der Waals surface area (Å²) in [5, 5.41) is 9.09. The van der Waals surface area contributed by atoms with Crippen LogP contribution in [0.3, 0.4) is 0 Å². The van der Waals surface area contributed by atoms with Gasteiger partial charge in [0.15, 0.2) is 5.82 Å². The lowest BCUT2D eigenvalue weighted by atomic mass is 10.1. The zero-order valence-electron chi connectivity index (χ0n) is 19.8. The van der Waals surface area contributed by atoms with Crippen LogP contribution in [0, 0.1) is 0 Å². The SMILES string of the molecule is O=c1ccc(C2CC2)nn1Cc1cccc(-c2ncc(-c3cnn(CCN4CCCC4)c3)cn2)c1. The molecule has 4 aromatic rings. The highest BCUT2D eigenvalue weighted by Gasteiger charge is 2.25. The van der Waals surface area contributed by atoms with E-state index in [4.69, 9.17) is 0 Å². The van der Waals surface area contributed by atoms with Gasteiger partial charge < -0.3 is 4.90 Å². The first-order valence-corrected chi connectivity index (χ1v) is 12.5. The molecule has 35 heavy (non-hydrogen) atoms. The summed E-state index contributed by atoms with van der Waals surface area (Å²) < 4.78 is 3.55. The van der Waals surface area contributed by atoms with Crippen molar-refractivity contribution in [1.29, 1.82) is 0 Å². The van der Waals surface area contributed by atoms with E-state index in [0.29, 0.717) is 18.3 Å². The zero-order valence-corrected chi connectivity index (χ0v) is 19.8. The molecule has 1 aliphatic carbocycles. The number of benzene rings is 1. The van der Waals surface area contributed by atoms with Crippen molar-refractivity contribution in [2.45, 2.75) is 44.7 Å². The van der Waals surface area contributed by atoms with Crippen LogP contribution in [0.25, 0.3) is 22.5 Å². The number of likely N-dealkylation sites (tertiary alicyclic amines) is 1. The lowest BCUT2D eigenvalue weighted by Crippen LogP contribution is -2.24. The van der Waals surface area contributed by atoms with Gasteiger partial charge in [0.1, 0.15) is 0 Å². The molecule has 0 bridgehead atoms. The predicted octanol–water partition coefficient (Wildman–Crippen LogP) is 3.59. The summed E-state index contributed by atoms with van der Waals surface area (Å²) in [6.07, 6.45) is 12.6. The van der Waals surface area contributed by atoms with Crippen molar-refractivity contribution < 1.29 is 0 Å². The van der Waals surface area contributed by atoms with E-state index >= 15 is 0 Å². The second kappa shape index (κ2) is 9.54. The second-order valence-electron chi connectivity index (χ2n) is 9.56. The van der Waals surface area contributed by atoms with E-state index in [1.165, 1.54) is 25.9 Å². The minimum Gasteiger partial charge on any atom is -0.301 e. The molecule has 178 valence electrons. The van der Waals surface area contributed by atoms with E-state index in [2.05, 4.69) is 31.3 Å². The summed E-state index contributed by atoms with van der Waals surface area (Å²) in [5.74, 6) is 1.17. The van der Waals surface area contributed by atoms with E-state index in [-0.39, 0.29) is 5.56 Å². The maximum absolute atomic E-state index is 12.3. The predicted molar refractivity (Wildman–Crippen MR) is 134 cm³/mol. The molecule has 1 aliphatic heterocycles. The molecule has 0 amide bonds. The Labute approximate surface area is 204 Å². The molecule has 3 aromatic heterocycles. The van der Waals surface area contributed by atoms with Gasteiger partial charge in [-0.3, -0.25) is 9.48 Å². The Bertz CT molecular complexity index is 1360. The molecular formula is C27H29N7O. The van der Waals surface area contributed by atoms with Gasteiger partial charge in [-0.15, -0.1) is 0 Å². The fourth-order valence-electron chi connectivity index (χ4n) is 4.67. The molecular weight excluding hydrogens is 438 g/mol. The molecule has 8 heteroatoms. The molecule has 0 spiro atoms. The van der Waals surface area contributed by atoms with Crippen LogP contribution < -0.4 is 5.56 Å². The lowest BCUT2D eigenvalue weighted by molar-refractivity contribution is 0.316. The maximum atomic E-state index is 12.3. The molecule has 2 aliphatic rings. The van der Waals surface area contributed by atoms with Gasteiger partial charge in [-0.2, -0.15) is 10.2 Å². The van der Waals surface area contributed by atoms with Gasteiger partial charge in [-0.25, -0.2) is 14.6 Å². The van der Waals surface area contributed by atoms with Crippen LogP contribution in [0.4, 0.5) is 0 Å². The maximum Gasteiger partial charge on any atom is 0.267 e. The Morgan fingerprint density at radius 2 is 1.71 bits per heavy atom. The normalized spacial score (nSPS) is 16.1. The first-order chi connectivity index (χ1) is 17.2. The molecule has 0 N–H and O–H groups in total. The zero-order chi connectivity index (χ0) is 23.6. The molecule has 0 radical (unpaired) electrons. The van der Waals surface area contributed by atoms with Gasteiger partial charge in [0.25, 0.3) is 5.56 Å². The molecule has 1 saturated carbocycles. The third-order valence-electron chi connectivity index (χ3n) is 6.86. The van der Waals surface area contributed by atoms with Crippen LogP contribution in [0.5, 0.6) is 0 Å². The van der Waals surface area contributed by atoms with Crippen molar-refractivity contribution in [3.63, 3.8) is 0 Å². The Hall–Kier alpha value is -3.65. The fourth-order valence-corrected chi connectivity index (χ4v) is 4.67. The lowest BCUT2D eigenvalue weighted by Gasteiger charge is -2.13. The quantitative estimate of drug-likeness (QED) is 0.394. The summed E-state index contributed by atoms with van der Waals surface area (Å²) >= 11 is 0. The molecule has 4 heterocycles. The number of rotatable bonds is 8. The molecule has 1 aromatic carbocycles. The van der Waals surface area contributed by atoms with Crippen molar-refractivity contribution in [1.82, 2.24) is 34.4 Å². The summed E-state index contributed by atoms with van der Waals surface area (Å²) in [7, 11) is 0. The van der Waals surface area contributed by atoms with Gasteiger partial charge in [-0.1, -0.05) is 18.2 Å². The largest absolute Gasteiger partial charge is 0.301 e. The molecule has 0 atom stereocenters. The van der Waals surface area contributed by atoms with E-state index < -0.39 is 0 Å². The van der Waals surface area contributed by atoms with Gasteiger partial charge in [0, 0.05) is 53.8 Å². The van der Waals surface area contributed by atoms with Crippen LogP contribution in [-0.4, -0.2) is 54.1 Å². The average Bonchev–Trinajstić information content (AvgIpc) is 3.40. The number of hydrogen-bond donors (Lipinski definition) is 0. The van der Waals surface area contributed by atoms with Crippen LogP contribution in [0.15, 0.2) is 66.0 Å². The Balaban J connectivity index is 1.15. The topological polar surface area (TPSA) is 81.7 Å². The first-order valence-electron chi connectivity index (χ1n) is 12.5. The first kappa shape index (κ1) is 21.9. The Kier molecular flexibility index (Phi) is 5.96. The third kappa shape index (κ3) is 5.07. The molecule has 8 nitrogen and oxygen atoms in total. The van der Waals surface area contributed by atoms with Crippen molar-refractivity contribution in [2.75, 3.05) is 19.6 Å². The highest BCUT2D eigenvalue weighted by molar-refractivity contribution is 5.62. The minimum atomic E-state index is -0.0821.